The fourth-order valence-electron chi connectivity index (χ4n) is 3.20. The summed E-state index contributed by atoms with van der Waals surface area (Å²) >= 11 is 0. The molecule has 1 atom stereocenters. The van der Waals surface area contributed by atoms with E-state index in [2.05, 4.69) is 26.1 Å². The molecule has 1 unspecified atom stereocenters. The summed E-state index contributed by atoms with van der Waals surface area (Å²) in [5, 5.41) is 3.24. The van der Waals surface area contributed by atoms with Crippen LogP contribution in [0.4, 0.5) is 0 Å². The fourth-order valence-corrected chi connectivity index (χ4v) is 3.20. The molecular weight excluding hydrogens is 234 g/mol. The van der Waals surface area contributed by atoms with Crippen LogP contribution >= 0.6 is 0 Å². The minimum Gasteiger partial charge on any atom is -0.319 e. The van der Waals surface area contributed by atoms with Crippen LogP contribution in [0, 0.1) is 19.8 Å². The smallest absolute Gasteiger partial charge is 0.131 e. The minimum absolute atomic E-state index is 0.612. The molecule has 0 spiro atoms. The van der Waals surface area contributed by atoms with Crippen molar-refractivity contribution in [2.75, 3.05) is 13.6 Å². The van der Waals surface area contributed by atoms with Gasteiger partial charge in [0.25, 0.3) is 0 Å². The molecule has 1 N–H and O–H groups in total. The predicted octanol–water partition coefficient (Wildman–Crippen LogP) is 3.15. The molecule has 1 saturated carbocycles. The molecule has 1 aliphatic carbocycles. The summed E-state index contributed by atoms with van der Waals surface area (Å²) in [5.74, 6) is 2.34. The average molecular weight is 261 g/mol. The second-order valence-corrected chi connectivity index (χ2v) is 6.08. The molecule has 1 fully saturated rings. The van der Waals surface area contributed by atoms with E-state index >= 15 is 0 Å². The lowest BCUT2D eigenvalue weighted by molar-refractivity contribution is 0.534. The van der Waals surface area contributed by atoms with Gasteiger partial charge >= 0.3 is 0 Å². The van der Waals surface area contributed by atoms with E-state index in [0.29, 0.717) is 11.8 Å². The highest BCUT2D eigenvalue weighted by atomic mass is 14.9. The Balaban J connectivity index is 2.16. The largest absolute Gasteiger partial charge is 0.319 e. The van der Waals surface area contributed by atoms with Crippen LogP contribution < -0.4 is 5.32 Å². The second kappa shape index (κ2) is 6.47. The van der Waals surface area contributed by atoms with Crippen molar-refractivity contribution in [1.82, 2.24) is 15.3 Å². The molecular formula is C16H27N3. The van der Waals surface area contributed by atoms with E-state index in [1.165, 1.54) is 42.6 Å². The van der Waals surface area contributed by atoms with Gasteiger partial charge in [-0.1, -0.05) is 19.8 Å². The molecule has 0 amide bonds. The molecule has 0 bridgehead atoms. The lowest BCUT2D eigenvalue weighted by atomic mass is 9.98. The van der Waals surface area contributed by atoms with Crippen LogP contribution in [-0.2, 0) is 6.42 Å². The van der Waals surface area contributed by atoms with Crippen LogP contribution in [0.25, 0.3) is 0 Å². The molecule has 2 rings (SSSR count). The minimum atomic E-state index is 0.612. The number of aryl methyl sites for hydroxylation is 2. The van der Waals surface area contributed by atoms with Crippen LogP contribution in [0.1, 0.15) is 61.3 Å². The van der Waals surface area contributed by atoms with Gasteiger partial charge in [0.05, 0.1) is 0 Å². The first kappa shape index (κ1) is 14.4. The van der Waals surface area contributed by atoms with Crippen molar-refractivity contribution >= 4 is 0 Å². The molecule has 1 aromatic rings. The van der Waals surface area contributed by atoms with E-state index < -0.39 is 0 Å². The molecule has 1 heterocycles. The summed E-state index contributed by atoms with van der Waals surface area (Å²) in [6.45, 7) is 7.62. The Morgan fingerprint density at radius 3 is 2.26 bits per heavy atom. The standard InChI is InChI=1S/C16H27N3/c1-11(10-17-4)9-15-12(2)18-16(19-13(15)3)14-7-5-6-8-14/h11,14,17H,5-10H2,1-4H3. The van der Waals surface area contributed by atoms with Gasteiger partial charge in [-0.05, 0) is 58.2 Å². The van der Waals surface area contributed by atoms with E-state index in [0.717, 1.165) is 18.8 Å². The maximum Gasteiger partial charge on any atom is 0.131 e. The average Bonchev–Trinajstić information content (AvgIpc) is 2.87. The number of aromatic nitrogens is 2. The Labute approximate surface area is 117 Å². The van der Waals surface area contributed by atoms with E-state index in [1.807, 2.05) is 7.05 Å². The number of hydrogen-bond donors (Lipinski definition) is 1. The summed E-state index contributed by atoms with van der Waals surface area (Å²) in [6, 6.07) is 0. The molecule has 3 heteroatoms. The van der Waals surface area contributed by atoms with Crippen molar-refractivity contribution in [3.05, 3.63) is 22.8 Å². The van der Waals surface area contributed by atoms with Gasteiger partial charge in [0.1, 0.15) is 5.82 Å². The number of rotatable bonds is 5. The van der Waals surface area contributed by atoms with E-state index in [4.69, 9.17) is 9.97 Å². The molecule has 0 saturated heterocycles. The number of nitrogens with zero attached hydrogens (tertiary/aromatic N) is 2. The highest BCUT2D eigenvalue weighted by Crippen LogP contribution is 2.32. The molecule has 3 nitrogen and oxygen atoms in total. The highest BCUT2D eigenvalue weighted by molar-refractivity contribution is 5.26. The lowest BCUT2D eigenvalue weighted by Crippen LogP contribution is -2.19. The first-order valence-electron chi connectivity index (χ1n) is 7.60. The third-order valence-electron chi connectivity index (χ3n) is 4.26. The van der Waals surface area contributed by atoms with Crippen molar-refractivity contribution in [1.29, 1.82) is 0 Å². The first-order chi connectivity index (χ1) is 9.11. The maximum atomic E-state index is 4.80. The van der Waals surface area contributed by atoms with Crippen LogP contribution in [0.2, 0.25) is 0 Å². The normalized spacial score (nSPS) is 17.9. The van der Waals surface area contributed by atoms with E-state index in [9.17, 15) is 0 Å². The maximum absolute atomic E-state index is 4.80. The Kier molecular flexibility index (Phi) is 4.92. The highest BCUT2D eigenvalue weighted by Gasteiger charge is 2.21. The summed E-state index contributed by atoms with van der Waals surface area (Å²) < 4.78 is 0. The summed E-state index contributed by atoms with van der Waals surface area (Å²) in [5.41, 5.74) is 3.74. The third-order valence-corrected chi connectivity index (χ3v) is 4.26. The zero-order valence-electron chi connectivity index (χ0n) is 12.8. The third kappa shape index (κ3) is 3.53. The SMILES string of the molecule is CNCC(C)Cc1c(C)nc(C2CCCC2)nc1C. The number of nitrogens with one attached hydrogen (secondary N) is 1. The summed E-state index contributed by atoms with van der Waals surface area (Å²) in [6.07, 6.45) is 6.30. The quantitative estimate of drug-likeness (QED) is 0.885. The zero-order chi connectivity index (χ0) is 13.8. The fraction of sp³-hybridized carbons (Fsp3) is 0.750. The van der Waals surface area contributed by atoms with Gasteiger partial charge in [0, 0.05) is 17.3 Å². The van der Waals surface area contributed by atoms with Crippen LogP contribution in [0.15, 0.2) is 0 Å². The monoisotopic (exact) mass is 261 g/mol. The van der Waals surface area contributed by atoms with Crippen molar-refractivity contribution in [2.24, 2.45) is 5.92 Å². The summed E-state index contributed by atoms with van der Waals surface area (Å²) in [4.78, 5) is 9.60. The van der Waals surface area contributed by atoms with Crippen molar-refractivity contribution in [3.8, 4) is 0 Å². The van der Waals surface area contributed by atoms with Gasteiger partial charge in [-0.25, -0.2) is 9.97 Å². The zero-order valence-corrected chi connectivity index (χ0v) is 12.8. The molecule has 1 aliphatic rings. The molecule has 0 aromatic carbocycles. The Morgan fingerprint density at radius 1 is 1.16 bits per heavy atom. The molecule has 106 valence electrons. The molecule has 0 aliphatic heterocycles. The van der Waals surface area contributed by atoms with Gasteiger partial charge in [0.15, 0.2) is 0 Å². The second-order valence-electron chi connectivity index (χ2n) is 6.08. The number of hydrogen-bond acceptors (Lipinski definition) is 3. The van der Waals surface area contributed by atoms with Gasteiger partial charge in [-0.15, -0.1) is 0 Å². The Bertz CT molecular complexity index is 399. The Morgan fingerprint density at radius 2 is 1.74 bits per heavy atom. The molecule has 0 radical (unpaired) electrons. The van der Waals surface area contributed by atoms with Crippen LogP contribution in [-0.4, -0.2) is 23.6 Å². The lowest BCUT2D eigenvalue weighted by Gasteiger charge is -2.17. The van der Waals surface area contributed by atoms with Gasteiger partial charge in [0.2, 0.25) is 0 Å². The van der Waals surface area contributed by atoms with Crippen molar-refractivity contribution in [3.63, 3.8) is 0 Å². The van der Waals surface area contributed by atoms with Gasteiger partial charge in [-0.3, -0.25) is 0 Å². The molecule has 1 aromatic heterocycles. The van der Waals surface area contributed by atoms with E-state index in [-0.39, 0.29) is 0 Å². The van der Waals surface area contributed by atoms with Crippen molar-refractivity contribution < 1.29 is 0 Å². The first-order valence-corrected chi connectivity index (χ1v) is 7.60. The predicted molar refractivity (Wildman–Crippen MR) is 79.5 cm³/mol. The van der Waals surface area contributed by atoms with Gasteiger partial charge in [-0.2, -0.15) is 0 Å². The van der Waals surface area contributed by atoms with Crippen LogP contribution in [0.3, 0.4) is 0 Å². The van der Waals surface area contributed by atoms with Crippen LogP contribution in [0.5, 0.6) is 0 Å². The summed E-state index contributed by atoms with van der Waals surface area (Å²) in [7, 11) is 2.01. The van der Waals surface area contributed by atoms with E-state index in [1.54, 1.807) is 0 Å². The molecule has 19 heavy (non-hydrogen) atoms. The Hall–Kier alpha value is -0.960. The van der Waals surface area contributed by atoms with Crippen molar-refractivity contribution in [2.45, 2.75) is 58.8 Å². The topological polar surface area (TPSA) is 37.8 Å². The van der Waals surface area contributed by atoms with Gasteiger partial charge < -0.3 is 5.32 Å².